The van der Waals surface area contributed by atoms with E-state index in [4.69, 9.17) is 9.16 Å². The summed E-state index contributed by atoms with van der Waals surface area (Å²) >= 11 is 0. The first-order chi connectivity index (χ1) is 12.0. The molecule has 3 rings (SSSR count). The molecule has 4 heteroatoms. The van der Waals surface area contributed by atoms with Gasteiger partial charge in [-0.15, -0.1) is 0 Å². The van der Waals surface area contributed by atoms with Gasteiger partial charge in [-0.1, -0.05) is 81.4 Å². The highest BCUT2D eigenvalue weighted by Crippen LogP contribution is 2.36. The Morgan fingerprint density at radius 2 is 1.36 bits per heavy atom. The lowest BCUT2D eigenvalue weighted by atomic mass is 10.2. The lowest BCUT2D eigenvalue weighted by Crippen LogP contribution is -2.67. The van der Waals surface area contributed by atoms with Gasteiger partial charge in [0.25, 0.3) is 8.32 Å². The molecule has 0 unspecified atom stereocenters. The zero-order valence-corrected chi connectivity index (χ0v) is 16.6. The van der Waals surface area contributed by atoms with Crippen LogP contribution in [-0.2, 0) is 9.16 Å². The fraction of sp³-hybridized carbons (Fsp3) is 0.429. The van der Waals surface area contributed by atoms with Gasteiger partial charge >= 0.3 is 0 Å². The van der Waals surface area contributed by atoms with Crippen LogP contribution in [0.15, 0.2) is 60.7 Å². The monoisotopic (exact) mass is 355 g/mol. The van der Waals surface area contributed by atoms with E-state index in [1.54, 1.807) is 0 Å². The third-order valence-electron chi connectivity index (χ3n) is 4.98. The number of morpholine rings is 1. The third kappa shape index (κ3) is 3.87. The van der Waals surface area contributed by atoms with Crippen molar-refractivity contribution in [1.29, 1.82) is 0 Å². The second kappa shape index (κ2) is 7.83. The van der Waals surface area contributed by atoms with Gasteiger partial charge in [-0.2, -0.15) is 0 Å². The van der Waals surface area contributed by atoms with Gasteiger partial charge in [-0.25, -0.2) is 0 Å². The number of benzene rings is 2. The Morgan fingerprint density at radius 1 is 0.880 bits per heavy atom. The molecule has 3 nitrogen and oxygen atoms in total. The van der Waals surface area contributed by atoms with Gasteiger partial charge in [0.1, 0.15) is 0 Å². The molecule has 0 bridgehead atoms. The predicted molar refractivity (Wildman–Crippen MR) is 106 cm³/mol. The zero-order valence-electron chi connectivity index (χ0n) is 15.6. The van der Waals surface area contributed by atoms with E-state index in [2.05, 4.69) is 86.3 Å². The van der Waals surface area contributed by atoms with E-state index in [-0.39, 0.29) is 5.04 Å². The minimum atomic E-state index is -2.42. The van der Waals surface area contributed by atoms with Crippen LogP contribution < -0.4 is 10.4 Å². The van der Waals surface area contributed by atoms with Gasteiger partial charge in [0, 0.05) is 13.1 Å². The SMILES string of the molecule is CC(C)(C)[Si](OCN1CCOCC1)(c1ccccc1)c1ccccc1. The fourth-order valence-electron chi connectivity index (χ4n) is 3.68. The minimum Gasteiger partial charge on any atom is -0.395 e. The Labute approximate surface area is 152 Å². The molecule has 0 aliphatic carbocycles. The zero-order chi connectivity index (χ0) is 17.8. The average molecular weight is 356 g/mol. The number of hydrogen-bond donors (Lipinski definition) is 0. The second-order valence-electron chi connectivity index (χ2n) is 7.67. The quantitative estimate of drug-likeness (QED) is 0.770. The largest absolute Gasteiger partial charge is 0.395 e. The molecule has 25 heavy (non-hydrogen) atoms. The molecule has 1 aliphatic rings. The van der Waals surface area contributed by atoms with Crippen LogP contribution in [0.25, 0.3) is 0 Å². The summed E-state index contributed by atoms with van der Waals surface area (Å²) in [5, 5.41) is 2.70. The van der Waals surface area contributed by atoms with E-state index >= 15 is 0 Å². The van der Waals surface area contributed by atoms with Crippen molar-refractivity contribution in [1.82, 2.24) is 4.90 Å². The first-order valence-electron chi connectivity index (χ1n) is 9.09. The van der Waals surface area contributed by atoms with Crippen molar-refractivity contribution in [3.05, 3.63) is 60.7 Å². The summed E-state index contributed by atoms with van der Waals surface area (Å²) in [6.45, 7) is 11.1. The lowest BCUT2D eigenvalue weighted by Gasteiger charge is -2.44. The van der Waals surface area contributed by atoms with Crippen LogP contribution in [0.3, 0.4) is 0 Å². The van der Waals surface area contributed by atoms with Crippen LogP contribution in [0.1, 0.15) is 20.8 Å². The Morgan fingerprint density at radius 3 is 1.80 bits per heavy atom. The summed E-state index contributed by atoms with van der Waals surface area (Å²) in [5.74, 6) is 0. The highest BCUT2D eigenvalue weighted by molar-refractivity contribution is 6.99. The van der Waals surface area contributed by atoms with Crippen molar-refractivity contribution in [3.8, 4) is 0 Å². The molecule has 0 N–H and O–H groups in total. The normalized spacial score (nSPS) is 16.8. The molecule has 0 aromatic heterocycles. The number of rotatable bonds is 5. The molecular weight excluding hydrogens is 326 g/mol. The van der Waals surface area contributed by atoms with E-state index < -0.39 is 8.32 Å². The molecule has 2 aromatic rings. The lowest BCUT2D eigenvalue weighted by molar-refractivity contribution is 0.00152. The van der Waals surface area contributed by atoms with Crippen LogP contribution in [0.5, 0.6) is 0 Å². The van der Waals surface area contributed by atoms with Crippen LogP contribution in [0.4, 0.5) is 0 Å². The van der Waals surface area contributed by atoms with Gasteiger partial charge in [-0.3, -0.25) is 4.90 Å². The topological polar surface area (TPSA) is 21.7 Å². The Kier molecular flexibility index (Phi) is 5.74. The smallest absolute Gasteiger partial charge is 0.262 e. The maximum absolute atomic E-state index is 6.92. The first kappa shape index (κ1) is 18.3. The van der Waals surface area contributed by atoms with E-state index in [1.165, 1.54) is 10.4 Å². The average Bonchev–Trinajstić information content (AvgIpc) is 2.64. The molecule has 2 aromatic carbocycles. The van der Waals surface area contributed by atoms with Crippen molar-refractivity contribution >= 4 is 18.7 Å². The van der Waals surface area contributed by atoms with Crippen LogP contribution in [0, 0.1) is 0 Å². The van der Waals surface area contributed by atoms with E-state index in [1.807, 2.05) is 0 Å². The van der Waals surface area contributed by atoms with Gasteiger partial charge in [0.05, 0.1) is 19.9 Å². The van der Waals surface area contributed by atoms with Crippen molar-refractivity contribution in [2.45, 2.75) is 25.8 Å². The highest BCUT2D eigenvalue weighted by Gasteiger charge is 2.50. The molecule has 0 atom stereocenters. The van der Waals surface area contributed by atoms with Crippen LogP contribution in [-0.4, -0.2) is 46.3 Å². The first-order valence-corrected chi connectivity index (χ1v) is 11.0. The van der Waals surface area contributed by atoms with Gasteiger partial charge < -0.3 is 9.16 Å². The number of hydrogen-bond acceptors (Lipinski definition) is 3. The fourth-order valence-corrected chi connectivity index (χ4v) is 8.21. The Bertz CT molecular complexity index is 609. The summed E-state index contributed by atoms with van der Waals surface area (Å²) in [6, 6.07) is 21.6. The van der Waals surface area contributed by atoms with Crippen LogP contribution >= 0.6 is 0 Å². The molecular formula is C21H29NO2Si. The molecule has 0 saturated carbocycles. The van der Waals surface area contributed by atoms with Crippen LogP contribution in [0.2, 0.25) is 5.04 Å². The molecule has 1 heterocycles. The Hall–Kier alpha value is -1.46. The maximum atomic E-state index is 6.92. The summed E-state index contributed by atoms with van der Waals surface area (Å²) in [7, 11) is -2.42. The van der Waals surface area contributed by atoms with E-state index in [0.29, 0.717) is 6.73 Å². The molecule has 1 saturated heterocycles. The van der Waals surface area contributed by atoms with Crippen molar-refractivity contribution in [2.75, 3.05) is 33.0 Å². The standard InChI is InChI=1S/C21H29NO2Si/c1-21(2,3)25(19-10-6-4-7-11-19,20-12-8-5-9-13-20)24-18-22-14-16-23-17-15-22/h4-13H,14-18H2,1-3H3. The van der Waals surface area contributed by atoms with Gasteiger partial charge in [0.2, 0.25) is 0 Å². The molecule has 0 radical (unpaired) electrons. The minimum absolute atomic E-state index is 0.0298. The summed E-state index contributed by atoms with van der Waals surface area (Å²) in [6.07, 6.45) is 0. The molecule has 1 aliphatic heterocycles. The molecule has 134 valence electrons. The maximum Gasteiger partial charge on any atom is 0.262 e. The number of nitrogens with zero attached hydrogens (tertiary/aromatic N) is 1. The molecule has 0 amide bonds. The van der Waals surface area contributed by atoms with E-state index in [9.17, 15) is 0 Å². The van der Waals surface area contributed by atoms with Crippen molar-refractivity contribution in [2.24, 2.45) is 0 Å². The van der Waals surface area contributed by atoms with Crippen molar-refractivity contribution < 1.29 is 9.16 Å². The summed E-state index contributed by atoms with van der Waals surface area (Å²) in [5.41, 5.74) is 0. The molecule has 1 fully saturated rings. The summed E-state index contributed by atoms with van der Waals surface area (Å²) < 4.78 is 12.4. The third-order valence-corrected chi connectivity index (χ3v) is 9.95. The second-order valence-corrected chi connectivity index (χ2v) is 12.0. The van der Waals surface area contributed by atoms with Gasteiger partial charge in [-0.05, 0) is 15.4 Å². The number of ether oxygens (including phenoxy) is 1. The molecule has 0 spiro atoms. The highest BCUT2D eigenvalue weighted by atomic mass is 28.4. The van der Waals surface area contributed by atoms with E-state index in [0.717, 1.165) is 26.3 Å². The Balaban J connectivity index is 2.02. The predicted octanol–water partition coefficient (Wildman–Crippen LogP) is 2.85. The van der Waals surface area contributed by atoms with Crippen molar-refractivity contribution in [3.63, 3.8) is 0 Å². The summed E-state index contributed by atoms with van der Waals surface area (Å²) in [4.78, 5) is 2.36. The van der Waals surface area contributed by atoms with Gasteiger partial charge in [0.15, 0.2) is 0 Å².